The van der Waals surface area contributed by atoms with E-state index in [1.807, 2.05) is 40.1 Å². The first-order valence-electron chi connectivity index (χ1n) is 11.1. The highest BCUT2D eigenvalue weighted by molar-refractivity contribution is 5.95. The monoisotopic (exact) mass is 399 g/mol. The van der Waals surface area contributed by atoms with Crippen molar-refractivity contribution in [2.75, 3.05) is 50.8 Å². The number of nitrogens with zero attached hydrogens (tertiary/aromatic N) is 3. The van der Waals surface area contributed by atoms with Gasteiger partial charge in [0.2, 0.25) is 5.91 Å². The van der Waals surface area contributed by atoms with Crippen molar-refractivity contribution in [3.05, 3.63) is 30.3 Å². The highest BCUT2D eigenvalue weighted by Crippen LogP contribution is 2.32. The molecule has 3 fully saturated rings. The lowest BCUT2D eigenvalue weighted by atomic mass is 9.90. The number of carbonyl (C=O) groups excluding carboxylic acids is 2. The normalized spacial score (nSPS) is 26.6. The molecule has 0 N–H and O–H groups in total. The van der Waals surface area contributed by atoms with E-state index in [1.165, 1.54) is 25.7 Å². The molecule has 3 aliphatic rings. The first-order chi connectivity index (χ1) is 14.2. The second kappa shape index (κ2) is 9.26. The second-order valence-electron chi connectivity index (χ2n) is 8.71. The van der Waals surface area contributed by atoms with Crippen LogP contribution in [-0.2, 0) is 14.3 Å². The molecule has 0 aliphatic carbocycles. The fraction of sp³-hybridized carbons (Fsp3) is 0.652. The van der Waals surface area contributed by atoms with E-state index in [1.54, 1.807) is 0 Å². The van der Waals surface area contributed by atoms with Crippen molar-refractivity contribution in [2.45, 2.75) is 50.5 Å². The van der Waals surface area contributed by atoms with Crippen LogP contribution in [0.2, 0.25) is 0 Å². The zero-order chi connectivity index (χ0) is 20.1. The maximum atomic E-state index is 12.9. The van der Waals surface area contributed by atoms with Gasteiger partial charge in [-0.05, 0) is 50.9 Å². The average Bonchev–Trinajstić information content (AvgIpc) is 3.04. The first kappa shape index (κ1) is 20.4. The third kappa shape index (κ3) is 4.98. The Morgan fingerprint density at radius 2 is 1.72 bits per heavy atom. The maximum Gasteiger partial charge on any atom is 0.253 e. The van der Waals surface area contributed by atoms with Crippen molar-refractivity contribution in [1.29, 1.82) is 0 Å². The van der Waals surface area contributed by atoms with Gasteiger partial charge in [-0.3, -0.25) is 9.59 Å². The summed E-state index contributed by atoms with van der Waals surface area (Å²) >= 11 is 0. The molecular formula is C23H33N3O3. The number of piperidine rings is 1. The highest BCUT2D eigenvalue weighted by atomic mass is 16.5. The molecule has 158 valence electrons. The van der Waals surface area contributed by atoms with E-state index >= 15 is 0 Å². The number of benzene rings is 1. The Morgan fingerprint density at radius 3 is 2.48 bits per heavy atom. The number of rotatable bonds is 4. The van der Waals surface area contributed by atoms with Gasteiger partial charge in [0, 0.05) is 25.2 Å². The molecule has 6 heteroatoms. The number of morpholine rings is 1. The third-order valence-corrected chi connectivity index (χ3v) is 6.55. The number of amides is 2. The van der Waals surface area contributed by atoms with Gasteiger partial charge in [-0.25, -0.2) is 0 Å². The quantitative estimate of drug-likeness (QED) is 0.781. The molecule has 0 aromatic heterocycles. The van der Waals surface area contributed by atoms with Gasteiger partial charge in [-0.1, -0.05) is 31.0 Å². The molecule has 0 saturated carbocycles. The maximum absolute atomic E-state index is 12.9. The van der Waals surface area contributed by atoms with Crippen LogP contribution in [0.25, 0.3) is 0 Å². The summed E-state index contributed by atoms with van der Waals surface area (Å²) in [5.74, 6) is 0.214. The summed E-state index contributed by atoms with van der Waals surface area (Å²) in [6.07, 6.45) is 7.51. The van der Waals surface area contributed by atoms with E-state index < -0.39 is 5.60 Å². The van der Waals surface area contributed by atoms with Crippen LogP contribution in [0.1, 0.15) is 44.9 Å². The molecule has 6 nitrogen and oxygen atoms in total. The summed E-state index contributed by atoms with van der Waals surface area (Å²) in [6, 6.07) is 9.78. The Bertz CT molecular complexity index is 703. The number of likely N-dealkylation sites (tertiary alicyclic amines) is 2. The van der Waals surface area contributed by atoms with E-state index in [2.05, 4.69) is 4.90 Å². The first-order valence-corrected chi connectivity index (χ1v) is 11.1. The minimum atomic E-state index is -0.444. The molecule has 0 bridgehead atoms. The number of ether oxygens (including phenoxy) is 1. The fourth-order valence-electron chi connectivity index (χ4n) is 4.89. The molecule has 3 aliphatic heterocycles. The number of hydrogen-bond donors (Lipinski definition) is 0. The Labute approximate surface area is 173 Å². The van der Waals surface area contributed by atoms with Gasteiger partial charge < -0.3 is 19.4 Å². The lowest BCUT2D eigenvalue weighted by molar-refractivity contribution is -0.153. The standard InChI is InChI=1S/C23H33N3O3/c27-21(11-16-24-13-6-1-2-7-14-24)25-15-8-12-23(18-25)19-26(22(28)17-29-23)20-9-4-3-5-10-20/h3-5,9-10H,1-2,6-8,11-19H2. The Morgan fingerprint density at radius 1 is 0.966 bits per heavy atom. The summed E-state index contributed by atoms with van der Waals surface area (Å²) in [4.78, 5) is 31.6. The minimum Gasteiger partial charge on any atom is -0.361 e. The van der Waals surface area contributed by atoms with Crippen LogP contribution in [0.15, 0.2) is 30.3 Å². The van der Waals surface area contributed by atoms with E-state index in [9.17, 15) is 9.59 Å². The zero-order valence-electron chi connectivity index (χ0n) is 17.4. The van der Waals surface area contributed by atoms with Crippen molar-refractivity contribution in [1.82, 2.24) is 9.80 Å². The molecule has 29 heavy (non-hydrogen) atoms. The molecule has 3 saturated heterocycles. The van der Waals surface area contributed by atoms with E-state index in [-0.39, 0.29) is 18.4 Å². The van der Waals surface area contributed by atoms with Crippen LogP contribution in [0.5, 0.6) is 0 Å². The molecule has 0 radical (unpaired) electrons. The zero-order valence-corrected chi connectivity index (χ0v) is 17.4. The summed E-state index contributed by atoms with van der Waals surface area (Å²) in [7, 11) is 0. The number of anilines is 1. The summed E-state index contributed by atoms with van der Waals surface area (Å²) in [6.45, 7) is 5.09. The van der Waals surface area contributed by atoms with Crippen molar-refractivity contribution in [2.24, 2.45) is 0 Å². The van der Waals surface area contributed by atoms with Gasteiger partial charge in [0.1, 0.15) is 12.2 Å². The third-order valence-electron chi connectivity index (χ3n) is 6.55. The van der Waals surface area contributed by atoms with Crippen LogP contribution in [-0.4, -0.2) is 73.1 Å². The van der Waals surface area contributed by atoms with Gasteiger partial charge in [0.15, 0.2) is 0 Å². The molecule has 1 aromatic carbocycles. The molecule has 2 amide bonds. The lowest BCUT2D eigenvalue weighted by Gasteiger charge is -2.47. The van der Waals surface area contributed by atoms with Gasteiger partial charge in [-0.15, -0.1) is 0 Å². The van der Waals surface area contributed by atoms with Crippen molar-refractivity contribution in [3.63, 3.8) is 0 Å². The number of carbonyl (C=O) groups is 2. The van der Waals surface area contributed by atoms with Crippen molar-refractivity contribution in [3.8, 4) is 0 Å². The van der Waals surface area contributed by atoms with Crippen molar-refractivity contribution >= 4 is 17.5 Å². The Hall–Kier alpha value is -1.92. The van der Waals surface area contributed by atoms with Gasteiger partial charge in [0.05, 0.1) is 13.1 Å². The van der Waals surface area contributed by atoms with Gasteiger partial charge in [0.25, 0.3) is 5.91 Å². The predicted molar refractivity (Wildman–Crippen MR) is 113 cm³/mol. The van der Waals surface area contributed by atoms with E-state index in [0.717, 1.165) is 44.7 Å². The SMILES string of the molecule is O=C(CCN1CCCCCC1)N1CCCC2(C1)CN(c1ccccc1)C(=O)CO2. The van der Waals surface area contributed by atoms with Crippen LogP contribution in [0.4, 0.5) is 5.69 Å². The van der Waals surface area contributed by atoms with Crippen LogP contribution in [0.3, 0.4) is 0 Å². The van der Waals surface area contributed by atoms with Crippen molar-refractivity contribution < 1.29 is 14.3 Å². The number of para-hydroxylation sites is 1. The van der Waals surface area contributed by atoms with E-state index in [0.29, 0.717) is 19.5 Å². The van der Waals surface area contributed by atoms with Crippen LogP contribution >= 0.6 is 0 Å². The summed E-state index contributed by atoms with van der Waals surface area (Å²) in [5.41, 5.74) is 0.463. The average molecular weight is 400 g/mol. The largest absolute Gasteiger partial charge is 0.361 e. The molecule has 3 heterocycles. The molecule has 1 unspecified atom stereocenters. The van der Waals surface area contributed by atoms with Gasteiger partial charge in [-0.2, -0.15) is 0 Å². The highest BCUT2D eigenvalue weighted by Gasteiger charge is 2.44. The molecule has 1 aromatic rings. The summed E-state index contributed by atoms with van der Waals surface area (Å²) < 4.78 is 6.07. The van der Waals surface area contributed by atoms with Crippen LogP contribution in [0, 0.1) is 0 Å². The molecular weight excluding hydrogens is 366 g/mol. The summed E-state index contributed by atoms with van der Waals surface area (Å²) in [5, 5.41) is 0. The number of hydrogen-bond acceptors (Lipinski definition) is 4. The minimum absolute atomic E-state index is 0.00793. The smallest absolute Gasteiger partial charge is 0.253 e. The molecule has 1 spiro atoms. The lowest BCUT2D eigenvalue weighted by Crippen LogP contribution is -2.62. The topological polar surface area (TPSA) is 53.1 Å². The Kier molecular flexibility index (Phi) is 6.50. The van der Waals surface area contributed by atoms with Gasteiger partial charge >= 0.3 is 0 Å². The molecule has 4 rings (SSSR count). The van der Waals surface area contributed by atoms with Crippen LogP contribution < -0.4 is 4.90 Å². The Balaban J connectivity index is 1.36. The van der Waals surface area contributed by atoms with E-state index in [4.69, 9.17) is 4.74 Å². The molecule has 1 atom stereocenters. The predicted octanol–water partition coefficient (Wildman–Crippen LogP) is 2.68. The fourth-order valence-corrected chi connectivity index (χ4v) is 4.89. The second-order valence-corrected chi connectivity index (χ2v) is 8.71.